The normalized spacial score (nSPS) is 11.4. The zero-order chi connectivity index (χ0) is 16.2. The molecule has 0 aromatic heterocycles. The number of hydrogen-bond donors (Lipinski definition) is 0. The first-order chi connectivity index (χ1) is 10.4. The van der Waals surface area contributed by atoms with Crippen LogP contribution in [0.1, 0.15) is 27.0 Å². The molecule has 0 saturated carbocycles. The maximum Gasteiger partial charge on any atom is 0.416 e. The number of benzene rings is 2. The van der Waals surface area contributed by atoms with E-state index in [1.54, 1.807) is 18.2 Å². The molecule has 0 N–H and O–H groups in total. The van der Waals surface area contributed by atoms with E-state index in [2.05, 4.69) is 0 Å². The number of rotatable bonds is 3. The highest BCUT2D eigenvalue weighted by molar-refractivity contribution is 6.07. The Hall–Kier alpha value is -2.87. The molecule has 0 amide bonds. The van der Waals surface area contributed by atoms with E-state index in [0.717, 1.165) is 12.1 Å². The fraction of sp³-hybridized carbons (Fsp3) is 0.0588. The van der Waals surface area contributed by atoms with E-state index in [4.69, 9.17) is 5.26 Å². The average Bonchev–Trinajstić information content (AvgIpc) is 2.52. The van der Waals surface area contributed by atoms with Gasteiger partial charge >= 0.3 is 6.18 Å². The first-order valence-corrected chi connectivity index (χ1v) is 6.30. The second-order valence-corrected chi connectivity index (χ2v) is 4.51. The predicted octanol–water partition coefficient (Wildman–Crippen LogP) is 4.47. The summed E-state index contributed by atoms with van der Waals surface area (Å²) in [4.78, 5) is 11.9. The molecule has 0 unspecified atom stereocenters. The van der Waals surface area contributed by atoms with Gasteiger partial charge in [0.1, 0.15) is 0 Å². The summed E-state index contributed by atoms with van der Waals surface area (Å²) in [5.74, 6) is -0.380. The lowest BCUT2D eigenvalue weighted by atomic mass is 10.1. The highest BCUT2D eigenvalue weighted by Gasteiger charge is 2.30. The standard InChI is InChI=1S/C17H10F3NO/c18-17(19,20)15-6-2-3-12(10-15)7-8-16(22)14-5-1-4-13(9-14)11-21/h1-10H/b8-7+. The van der Waals surface area contributed by atoms with Crippen LogP contribution < -0.4 is 0 Å². The van der Waals surface area contributed by atoms with Crippen LogP contribution in [0.2, 0.25) is 0 Å². The molecule has 0 aliphatic heterocycles. The van der Waals surface area contributed by atoms with Crippen molar-refractivity contribution in [1.82, 2.24) is 0 Å². The maximum absolute atomic E-state index is 12.6. The summed E-state index contributed by atoms with van der Waals surface area (Å²) in [6, 6.07) is 12.7. The van der Waals surface area contributed by atoms with Gasteiger partial charge in [-0.05, 0) is 35.9 Å². The van der Waals surface area contributed by atoms with Crippen molar-refractivity contribution in [1.29, 1.82) is 5.26 Å². The van der Waals surface area contributed by atoms with Crippen LogP contribution in [0.25, 0.3) is 6.08 Å². The minimum atomic E-state index is -4.42. The number of alkyl halides is 3. The van der Waals surface area contributed by atoms with E-state index in [1.807, 2.05) is 6.07 Å². The van der Waals surface area contributed by atoms with E-state index in [1.165, 1.54) is 30.4 Å². The number of hydrogen-bond acceptors (Lipinski definition) is 2. The van der Waals surface area contributed by atoms with Gasteiger partial charge in [-0.25, -0.2) is 0 Å². The van der Waals surface area contributed by atoms with Gasteiger partial charge in [0.15, 0.2) is 5.78 Å². The van der Waals surface area contributed by atoms with Gasteiger partial charge in [0.05, 0.1) is 17.2 Å². The molecule has 22 heavy (non-hydrogen) atoms. The van der Waals surface area contributed by atoms with Gasteiger partial charge in [-0.2, -0.15) is 18.4 Å². The van der Waals surface area contributed by atoms with Gasteiger partial charge in [0.25, 0.3) is 0 Å². The van der Waals surface area contributed by atoms with Gasteiger partial charge in [-0.15, -0.1) is 0 Å². The van der Waals surface area contributed by atoms with Crippen LogP contribution in [0.4, 0.5) is 13.2 Å². The molecule has 0 saturated heterocycles. The fourth-order valence-electron chi connectivity index (χ4n) is 1.83. The Morgan fingerprint density at radius 2 is 1.82 bits per heavy atom. The highest BCUT2D eigenvalue weighted by atomic mass is 19.4. The zero-order valence-corrected chi connectivity index (χ0v) is 11.3. The molecule has 0 aliphatic rings. The van der Waals surface area contributed by atoms with Crippen molar-refractivity contribution >= 4 is 11.9 Å². The minimum Gasteiger partial charge on any atom is -0.289 e. The predicted molar refractivity (Wildman–Crippen MR) is 76.0 cm³/mol. The number of carbonyl (C=O) groups excluding carboxylic acids is 1. The smallest absolute Gasteiger partial charge is 0.289 e. The van der Waals surface area contributed by atoms with Gasteiger partial charge in [0.2, 0.25) is 0 Å². The Bertz CT molecular complexity index is 770. The fourth-order valence-corrected chi connectivity index (χ4v) is 1.83. The molecule has 0 aliphatic carbocycles. The lowest BCUT2D eigenvalue weighted by Gasteiger charge is -2.06. The van der Waals surface area contributed by atoms with Gasteiger partial charge in [0, 0.05) is 5.56 Å². The van der Waals surface area contributed by atoms with E-state index < -0.39 is 11.7 Å². The summed E-state index contributed by atoms with van der Waals surface area (Å²) >= 11 is 0. The van der Waals surface area contributed by atoms with Gasteiger partial charge in [-0.3, -0.25) is 4.79 Å². The zero-order valence-electron chi connectivity index (χ0n) is 11.3. The number of nitrogens with zero attached hydrogens (tertiary/aromatic N) is 1. The molecule has 2 aromatic carbocycles. The van der Waals surface area contributed by atoms with Crippen molar-refractivity contribution in [2.45, 2.75) is 6.18 Å². The molecular formula is C17H10F3NO. The third kappa shape index (κ3) is 3.83. The van der Waals surface area contributed by atoms with Gasteiger partial charge in [-0.1, -0.05) is 30.3 Å². The lowest BCUT2D eigenvalue weighted by molar-refractivity contribution is -0.137. The molecule has 2 rings (SSSR count). The highest BCUT2D eigenvalue weighted by Crippen LogP contribution is 2.29. The first-order valence-electron chi connectivity index (χ1n) is 6.30. The van der Waals surface area contributed by atoms with E-state index in [9.17, 15) is 18.0 Å². The topological polar surface area (TPSA) is 40.9 Å². The maximum atomic E-state index is 12.6. The minimum absolute atomic E-state index is 0.277. The second kappa shape index (κ2) is 6.27. The van der Waals surface area contributed by atoms with Crippen molar-refractivity contribution in [3.63, 3.8) is 0 Å². The Kier molecular flexibility index (Phi) is 4.42. The van der Waals surface area contributed by atoms with Gasteiger partial charge < -0.3 is 0 Å². The van der Waals surface area contributed by atoms with Crippen molar-refractivity contribution in [2.75, 3.05) is 0 Å². The third-order valence-electron chi connectivity index (χ3n) is 2.92. The molecule has 0 bridgehead atoms. The molecular weight excluding hydrogens is 291 g/mol. The quantitative estimate of drug-likeness (QED) is 0.620. The Morgan fingerprint density at radius 1 is 1.09 bits per heavy atom. The first kappa shape index (κ1) is 15.5. The molecule has 110 valence electrons. The summed E-state index contributed by atoms with van der Waals surface area (Å²) in [5.41, 5.74) is 0.161. The molecule has 2 aromatic rings. The largest absolute Gasteiger partial charge is 0.416 e. The molecule has 5 heteroatoms. The van der Waals surface area contributed by atoms with Crippen LogP contribution >= 0.6 is 0 Å². The number of nitriles is 1. The van der Waals surface area contributed by atoms with Crippen LogP contribution in [0, 0.1) is 11.3 Å². The van der Waals surface area contributed by atoms with Crippen LogP contribution in [0.3, 0.4) is 0 Å². The molecule has 0 spiro atoms. The summed E-state index contributed by atoms with van der Waals surface area (Å²) in [6.45, 7) is 0. The Morgan fingerprint density at radius 3 is 2.50 bits per heavy atom. The monoisotopic (exact) mass is 301 g/mol. The van der Waals surface area contributed by atoms with Crippen LogP contribution in [0.15, 0.2) is 54.6 Å². The Labute approximate surface area is 125 Å². The summed E-state index contributed by atoms with van der Waals surface area (Å²) in [5, 5.41) is 8.77. The van der Waals surface area contributed by atoms with Crippen molar-refractivity contribution in [3.8, 4) is 6.07 Å². The second-order valence-electron chi connectivity index (χ2n) is 4.51. The van der Waals surface area contributed by atoms with Crippen LogP contribution in [0.5, 0.6) is 0 Å². The molecule has 0 fully saturated rings. The molecule has 0 atom stereocenters. The van der Waals surface area contributed by atoms with Crippen LogP contribution in [-0.4, -0.2) is 5.78 Å². The third-order valence-corrected chi connectivity index (χ3v) is 2.92. The number of ketones is 1. The summed E-state index contributed by atoms with van der Waals surface area (Å²) in [6.07, 6.45) is -1.92. The molecule has 2 nitrogen and oxygen atoms in total. The molecule has 0 radical (unpaired) electrons. The summed E-state index contributed by atoms with van der Waals surface area (Å²) in [7, 11) is 0. The van der Waals surface area contributed by atoms with Crippen molar-refractivity contribution in [2.24, 2.45) is 0 Å². The lowest BCUT2D eigenvalue weighted by Crippen LogP contribution is -2.04. The van der Waals surface area contributed by atoms with E-state index >= 15 is 0 Å². The van der Waals surface area contributed by atoms with Crippen LogP contribution in [-0.2, 0) is 6.18 Å². The van der Waals surface area contributed by atoms with Crippen molar-refractivity contribution in [3.05, 3.63) is 76.9 Å². The SMILES string of the molecule is N#Cc1cccc(C(=O)/C=C/c2cccc(C(F)(F)F)c2)c1. The number of allylic oxidation sites excluding steroid dienone is 1. The molecule has 0 heterocycles. The number of carbonyl (C=O) groups is 1. The van der Waals surface area contributed by atoms with Crippen molar-refractivity contribution < 1.29 is 18.0 Å². The van der Waals surface area contributed by atoms with E-state index in [-0.39, 0.29) is 11.3 Å². The average molecular weight is 301 g/mol. The van der Waals surface area contributed by atoms with E-state index in [0.29, 0.717) is 11.1 Å². The summed E-state index contributed by atoms with van der Waals surface area (Å²) < 4.78 is 37.8. The Balaban J connectivity index is 2.21. The number of halogens is 3.